The van der Waals surface area contributed by atoms with Gasteiger partial charge in [-0.1, -0.05) is 6.07 Å². The molecule has 1 aromatic heterocycles. The van der Waals surface area contributed by atoms with Crippen LogP contribution < -0.4 is 5.73 Å². The van der Waals surface area contributed by atoms with Crippen molar-refractivity contribution >= 4 is 17.9 Å². The molecule has 0 aromatic carbocycles. The SMILES string of the molecule is CC(C)(C)OC(=O)N1CC(c2cccc(C(C=NC3CC(CO)C3)=C(N)C3CC3)n2)C1. The van der Waals surface area contributed by atoms with Crippen LogP contribution in [0.1, 0.15) is 63.8 Å². The Morgan fingerprint density at radius 3 is 2.65 bits per heavy atom. The number of carbonyl (C=O) groups excluding carboxylic acids is 1. The van der Waals surface area contributed by atoms with E-state index in [9.17, 15) is 9.90 Å². The van der Waals surface area contributed by atoms with E-state index in [0.29, 0.717) is 24.9 Å². The number of hydrogen-bond donors (Lipinski definition) is 2. The molecule has 1 saturated heterocycles. The van der Waals surface area contributed by atoms with Gasteiger partial charge in [0, 0.05) is 48.8 Å². The van der Waals surface area contributed by atoms with Gasteiger partial charge in [0.15, 0.2) is 0 Å². The molecule has 7 heteroatoms. The number of aromatic nitrogens is 1. The molecular weight excluding hydrogens is 392 g/mol. The van der Waals surface area contributed by atoms with Gasteiger partial charge in [0.2, 0.25) is 0 Å². The highest BCUT2D eigenvalue weighted by Gasteiger charge is 2.36. The van der Waals surface area contributed by atoms with Crippen LogP contribution in [0.3, 0.4) is 0 Å². The molecule has 4 rings (SSSR count). The fourth-order valence-corrected chi connectivity index (χ4v) is 4.02. The van der Waals surface area contributed by atoms with E-state index in [1.165, 1.54) is 0 Å². The van der Waals surface area contributed by atoms with Crippen molar-refractivity contribution in [2.24, 2.45) is 22.6 Å². The Morgan fingerprint density at radius 1 is 1.32 bits per heavy atom. The summed E-state index contributed by atoms with van der Waals surface area (Å²) in [6.07, 6.45) is 5.72. The highest BCUT2D eigenvalue weighted by atomic mass is 16.6. The van der Waals surface area contributed by atoms with Gasteiger partial charge in [-0.25, -0.2) is 4.79 Å². The number of nitrogens with zero attached hydrogens (tertiary/aromatic N) is 3. The lowest BCUT2D eigenvalue weighted by molar-refractivity contribution is 0.00787. The third kappa shape index (κ3) is 5.26. The Kier molecular flexibility index (Phi) is 6.06. The van der Waals surface area contributed by atoms with Gasteiger partial charge < -0.3 is 20.5 Å². The van der Waals surface area contributed by atoms with Crippen LogP contribution in [-0.2, 0) is 4.74 Å². The Labute approximate surface area is 184 Å². The quantitative estimate of drug-likeness (QED) is 0.680. The molecule has 0 bridgehead atoms. The van der Waals surface area contributed by atoms with E-state index >= 15 is 0 Å². The standard InChI is InChI=1S/C24H34N4O3/c1-24(2,3)31-23(30)28-12-17(13-28)20-5-4-6-21(27-20)19(22(25)16-7-8-16)11-26-18-9-15(10-18)14-29/h4-6,11,15-18,29H,7-10,12-14,25H2,1-3H3. The Balaban J connectivity index is 1.45. The first-order valence-corrected chi connectivity index (χ1v) is 11.3. The number of amides is 1. The highest BCUT2D eigenvalue weighted by molar-refractivity contribution is 6.10. The lowest BCUT2D eigenvalue weighted by Gasteiger charge is -2.39. The van der Waals surface area contributed by atoms with Gasteiger partial charge in [0.05, 0.1) is 11.7 Å². The second-order valence-corrected chi connectivity index (χ2v) is 10.1. The van der Waals surface area contributed by atoms with Crippen LogP contribution in [0.4, 0.5) is 4.79 Å². The van der Waals surface area contributed by atoms with Crippen LogP contribution in [0.15, 0.2) is 28.9 Å². The fourth-order valence-electron chi connectivity index (χ4n) is 4.02. The lowest BCUT2D eigenvalue weighted by Crippen LogP contribution is -2.50. The van der Waals surface area contributed by atoms with Crippen LogP contribution in [0.25, 0.3) is 5.57 Å². The van der Waals surface area contributed by atoms with E-state index in [1.54, 1.807) is 4.90 Å². The van der Waals surface area contributed by atoms with Crippen molar-refractivity contribution < 1.29 is 14.6 Å². The normalized spacial score (nSPS) is 25.1. The van der Waals surface area contributed by atoms with Gasteiger partial charge in [0.1, 0.15) is 5.60 Å². The summed E-state index contributed by atoms with van der Waals surface area (Å²) in [5, 5.41) is 9.22. The third-order valence-electron chi connectivity index (χ3n) is 6.21. The molecule has 2 aliphatic carbocycles. The smallest absolute Gasteiger partial charge is 0.410 e. The van der Waals surface area contributed by atoms with Gasteiger partial charge in [-0.05, 0) is 70.4 Å². The average molecular weight is 427 g/mol. The number of carbonyl (C=O) groups is 1. The molecule has 2 saturated carbocycles. The zero-order valence-electron chi connectivity index (χ0n) is 18.8. The summed E-state index contributed by atoms with van der Waals surface area (Å²) < 4.78 is 5.45. The third-order valence-corrected chi connectivity index (χ3v) is 6.21. The molecule has 168 valence electrons. The number of pyridine rings is 1. The molecule has 2 heterocycles. The van der Waals surface area contributed by atoms with Crippen molar-refractivity contribution in [2.75, 3.05) is 19.7 Å². The molecule has 0 atom stereocenters. The molecule has 1 amide bonds. The predicted octanol–water partition coefficient (Wildman–Crippen LogP) is 3.34. The van der Waals surface area contributed by atoms with Gasteiger partial charge in [0.25, 0.3) is 0 Å². The maximum Gasteiger partial charge on any atom is 0.410 e. The number of hydrogen-bond acceptors (Lipinski definition) is 6. The summed E-state index contributed by atoms with van der Waals surface area (Å²) in [4.78, 5) is 23.6. The van der Waals surface area contributed by atoms with Crippen molar-refractivity contribution in [2.45, 2.75) is 64.0 Å². The molecule has 0 spiro atoms. The molecule has 3 N–H and O–H groups in total. The Hall–Kier alpha value is -2.41. The van der Waals surface area contributed by atoms with Crippen molar-refractivity contribution in [3.63, 3.8) is 0 Å². The fraction of sp³-hybridized carbons (Fsp3) is 0.625. The van der Waals surface area contributed by atoms with Crippen LogP contribution >= 0.6 is 0 Å². The minimum Gasteiger partial charge on any atom is -0.444 e. The number of rotatable bonds is 6. The molecular formula is C24H34N4O3. The van der Waals surface area contributed by atoms with Gasteiger partial charge in [-0.15, -0.1) is 0 Å². The van der Waals surface area contributed by atoms with Crippen molar-refractivity contribution in [1.82, 2.24) is 9.88 Å². The van der Waals surface area contributed by atoms with E-state index in [1.807, 2.05) is 45.2 Å². The molecule has 3 fully saturated rings. The number of ether oxygens (including phenoxy) is 1. The number of aliphatic hydroxyl groups excluding tert-OH is 1. The van der Waals surface area contributed by atoms with Gasteiger partial charge >= 0.3 is 6.09 Å². The van der Waals surface area contributed by atoms with Crippen molar-refractivity contribution in [3.8, 4) is 0 Å². The Bertz CT molecular complexity index is 873. The molecule has 1 aromatic rings. The van der Waals surface area contributed by atoms with E-state index in [-0.39, 0.29) is 24.7 Å². The maximum absolute atomic E-state index is 12.2. The summed E-state index contributed by atoms with van der Waals surface area (Å²) in [5.41, 5.74) is 9.60. The van der Waals surface area contributed by atoms with Crippen LogP contribution in [0.5, 0.6) is 0 Å². The number of allylic oxidation sites excluding steroid dienone is 2. The maximum atomic E-state index is 12.2. The number of nitrogens with two attached hydrogens (primary N) is 1. The molecule has 31 heavy (non-hydrogen) atoms. The summed E-state index contributed by atoms with van der Waals surface area (Å²) in [7, 11) is 0. The number of aliphatic imine (C=N–C) groups is 1. The second kappa shape index (κ2) is 8.61. The highest BCUT2D eigenvalue weighted by Crippen LogP contribution is 2.37. The van der Waals surface area contributed by atoms with Gasteiger partial charge in [-0.2, -0.15) is 0 Å². The average Bonchev–Trinajstić information content (AvgIpc) is 3.46. The molecule has 1 aliphatic heterocycles. The summed E-state index contributed by atoms with van der Waals surface area (Å²) in [6.45, 7) is 7.09. The minimum atomic E-state index is -0.489. The Morgan fingerprint density at radius 2 is 2.03 bits per heavy atom. The molecule has 0 unspecified atom stereocenters. The van der Waals surface area contributed by atoms with E-state index in [0.717, 1.165) is 48.3 Å². The summed E-state index contributed by atoms with van der Waals surface area (Å²) in [5.74, 6) is 0.998. The first-order valence-electron chi connectivity index (χ1n) is 11.3. The monoisotopic (exact) mass is 426 g/mol. The molecule has 0 radical (unpaired) electrons. The minimum absolute atomic E-state index is 0.199. The summed E-state index contributed by atoms with van der Waals surface area (Å²) in [6, 6.07) is 6.27. The zero-order chi connectivity index (χ0) is 22.2. The van der Waals surface area contributed by atoms with E-state index in [4.69, 9.17) is 20.4 Å². The van der Waals surface area contributed by atoms with Gasteiger partial charge in [-0.3, -0.25) is 9.98 Å². The summed E-state index contributed by atoms with van der Waals surface area (Å²) >= 11 is 0. The van der Waals surface area contributed by atoms with Crippen LogP contribution in [-0.4, -0.2) is 58.6 Å². The predicted molar refractivity (Wildman–Crippen MR) is 121 cm³/mol. The largest absolute Gasteiger partial charge is 0.444 e. The van der Waals surface area contributed by atoms with Crippen molar-refractivity contribution in [1.29, 1.82) is 0 Å². The van der Waals surface area contributed by atoms with Crippen LogP contribution in [0.2, 0.25) is 0 Å². The number of aliphatic hydroxyl groups is 1. The van der Waals surface area contributed by atoms with E-state index in [2.05, 4.69) is 0 Å². The molecule has 7 nitrogen and oxygen atoms in total. The topological polar surface area (TPSA) is 101 Å². The zero-order valence-corrected chi connectivity index (χ0v) is 18.8. The van der Waals surface area contributed by atoms with E-state index < -0.39 is 5.60 Å². The number of likely N-dealkylation sites (tertiary alicyclic amines) is 1. The lowest BCUT2D eigenvalue weighted by atomic mass is 9.81. The first-order chi connectivity index (χ1) is 14.7. The first kappa shape index (κ1) is 21.8. The second-order valence-electron chi connectivity index (χ2n) is 10.1. The van der Waals surface area contributed by atoms with Crippen LogP contribution in [0, 0.1) is 11.8 Å². The van der Waals surface area contributed by atoms with Crippen molar-refractivity contribution in [3.05, 3.63) is 35.3 Å². The molecule has 3 aliphatic rings.